The topological polar surface area (TPSA) is 40.5 Å². The molecule has 0 heterocycles. The predicted octanol–water partition coefficient (Wildman–Crippen LogP) is 2.60. The summed E-state index contributed by atoms with van der Waals surface area (Å²) in [7, 11) is 1.76. The summed E-state index contributed by atoms with van der Waals surface area (Å²) in [5.41, 5.74) is 0.552. The Balaban J connectivity index is 2.30. The molecular formula is C15H20ClNO2. The maximum Gasteiger partial charge on any atom is 0.233 e. The van der Waals surface area contributed by atoms with Gasteiger partial charge in [-0.1, -0.05) is 30.2 Å². The third-order valence-electron chi connectivity index (χ3n) is 4.24. The summed E-state index contributed by atoms with van der Waals surface area (Å²) in [6, 6.07) is 7.41. The first kappa shape index (κ1) is 14.4. The van der Waals surface area contributed by atoms with Crippen molar-refractivity contribution in [3.8, 4) is 0 Å². The minimum atomic E-state index is -0.441. The van der Waals surface area contributed by atoms with Crippen LogP contribution in [0.4, 0.5) is 0 Å². The summed E-state index contributed by atoms with van der Waals surface area (Å²) < 4.78 is 0. The van der Waals surface area contributed by atoms with Gasteiger partial charge >= 0.3 is 0 Å². The van der Waals surface area contributed by atoms with Crippen molar-refractivity contribution in [2.45, 2.75) is 37.6 Å². The van der Waals surface area contributed by atoms with E-state index in [1.54, 1.807) is 11.9 Å². The van der Waals surface area contributed by atoms with Crippen molar-refractivity contribution in [1.82, 2.24) is 4.90 Å². The SMILES string of the molecule is CC(CO)N(C)C(=O)C1(c2cccc(Cl)c2)CCC1. The number of aliphatic hydroxyl groups excluding tert-OH is 1. The van der Waals surface area contributed by atoms with Crippen LogP contribution in [-0.4, -0.2) is 35.6 Å². The lowest BCUT2D eigenvalue weighted by molar-refractivity contribution is -0.142. The molecule has 0 aromatic heterocycles. The number of amides is 1. The number of aliphatic hydroxyl groups is 1. The molecule has 0 bridgehead atoms. The molecule has 1 aliphatic carbocycles. The number of nitrogens with zero attached hydrogens (tertiary/aromatic N) is 1. The molecule has 1 aromatic carbocycles. The molecule has 104 valence electrons. The van der Waals surface area contributed by atoms with Gasteiger partial charge in [-0.3, -0.25) is 4.79 Å². The number of rotatable bonds is 4. The Hall–Kier alpha value is -1.06. The van der Waals surface area contributed by atoms with Crippen molar-refractivity contribution >= 4 is 17.5 Å². The highest BCUT2D eigenvalue weighted by molar-refractivity contribution is 6.30. The first-order valence-corrected chi connectivity index (χ1v) is 7.03. The molecule has 1 unspecified atom stereocenters. The fraction of sp³-hybridized carbons (Fsp3) is 0.533. The van der Waals surface area contributed by atoms with Crippen LogP contribution in [0.3, 0.4) is 0 Å². The van der Waals surface area contributed by atoms with E-state index in [0.29, 0.717) is 5.02 Å². The second kappa shape index (κ2) is 5.51. The molecule has 1 amide bonds. The van der Waals surface area contributed by atoms with Crippen LogP contribution in [0.1, 0.15) is 31.7 Å². The first-order chi connectivity index (χ1) is 9.01. The van der Waals surface area contributed by atoms with E-state index in [0.717, 1.165) is 24.8 Å². The van der Waals surface area contributed by atoms with Gasteiger partial charge in [0.1, 0.15) is 0 Å². The molecule has 1 aliphatic rings. The van der Waals surface area contributed by atoms with Crippen LogP contribution in [0.2, 0.25) is 5.02 Å². The molecule has 1 fully saturated rings. The van der Waals surface area contributed by atoms with Crippen molar-refractivity contribution in [3.05, 3.63) is 34.9 Å². The summed E-state index contributed by atoms with van der Waals surface area (Å²) >= 11 is 6.04. The van der Waals surface area contributed by atoms with Crippen LogP contribution in [0.25, 0.3) is 0 Å². The predicted molar refractivity (Wildman–Crippen MR) is 76.3 cm³/mol. The average Bonchev–Trinajstić information content (AvgIpc) is 2.35. The summed E-state index contributed by atoms with van der Waals surface area (Å²) in [6.07, 6.45) is 2.77. The van der Waals surface area contributed by atoms with Gasteiger partial charge in [-0.15, -0.1) is 0 Å². The third kappa shape index (κ3) is 2.49. The van der Waals surface area contributed by atoms with Crippen molar-refractivity contribution in [2.75, 3.05) is 13.7 Å². The monoisotopic (exact) mass is 281 g/mol. The first-order valence-electron chi connectivity index (χ1n) is 6.65. The summed E-state index contributed by atoms with van der Waals surface area (Å²) in [5, 5.41) is 9.87. The minimum Gasteiger partial charge on any atom is -0.394 e. The lowest BCUT2D eigenvalue weighted by atomic mass is 9.63. The molecule has 1 aromatic rings. The molecule has 0 spiro atoms. The second-order valence-electron chi connectivity index (χ2n) is 5.39. The molecule has 0 saturated heterocycles. The van der Waals surface area contributed by atoms with Gasteiger partial charge in [-0.25, -0.2) is 0 Å². The van der Waals surface area contributed by atoms with Crippen molar-refractivity contribution in [1.29, 1.82) is 0 Å². The Morgan fingerprint density at radius 3 is 2.68 bits per heavy atom. The molecule has 2 rings (SSSR count). The summed E-state index contributed by atoms with van der Waals surface area (Å²) in [5.74, 6) is 0.0857. The number of carbonyl (C=O) groups is 1. The van der Waals surface area contributed by atoms with Gasteiger partial charge < -0.3 is 10.0 Å². The number of benzene rings is 1. The molecule has 19 heavy (non-hydrogen) atoms. The van der Waals surface area contributed by atoms with Gasteiger partial charge in [0.25, 0.3) is 0 Å². The van der Waals surface area contributed by atoms with E-state index in [1.165, 1.54) is 0 Å². The van der Waals surface area contributed by atoms with Crippen molar-refractivity contribution in [3.63, 3.8) is 0 Å². The van der Waals surface area contributed by atoms with Crippen molar-refractivity contribution in [2.24, 2.45) is 0 Å². The van der Waals surface area contributed by atoms with E-state index in [-0.39, 0.29) is 18.6 Å². The van der Waals surface area contributed by atoms with Crippen LogP contribution in [0.15, 0.2) is 24.3 Å². The van der Waals surface area contributed by atoms with Crippen LogP contribution < -0.4 is 0 Å². The highest BCUT2D eigenvalue weighted by Gasteiger charge is 2.47. The van der Waals surface area contributed by atoms with E-state index < -0.39 is 5.41 Å². The number of hydrogen-bond acceptors (Lipinski definition) is 2. The highest BCUT2D eigenvalue weighted by atomic mass is 35.5. The average molecular weight is 282 g/mol. The van der Waals surface area contributed by atoms with Gasteiger partial charge in [0, 0.05) is 12.1 Å². The fourth-order valence-corrected chi connectivity index (χ4v) is 2.79. The van der Waals surface area contributed by atoms with Gasteiger partial charge in [-0.05, 0) is 37.5 Å². The van der Waals surface area contributed by atoms with Gasteiger partial charge in [0.15, 0.2) is 0 Å². The molecule has 1 N–H and O–H groups in total. The van der Waals surface area contributed by atoms with Crippen LogP contribution >= 0.6 is 11.6 Å². The van der Waals surface area contributed by atoms with E-state index in [1.807, 2.05) is 31.2 Å². The molecular weight excluding hydrogens is 262 g/mol. The molecule has 1 atom stereocenters. The Morgan fingerprint density at radius 1 is 1.53 bits per heavy atom. The van der Waals surface area contributed by atoms with Crippen LogP contribution in [-0.2, 0) is 10.2 Å². The van der Waals surface area contributed by atoms with Gasteiger partial charge in [0.2, 0.25) is 5.91 Å². The third-order valence-corrected chi connectivity index (χ3v) is 4.47. The molecule has 3 nitrogen and oxygen atoms in total. The minimum absolute atomic E-state index is 0.0200. The Kier molecular flexibility index (Phi) is 4.16. The van der Waals surface area contributed by atoms with E-state index in [2.05, 4.69) is 0 Å². The van der Waals surface area contributed by atoms with Crippen LogP contribution in [0.5, 0.6) is 0 Å². The maximum atomic E-state index is 12.7. The van der Waals surface area contributed by atoms with E-state index in [9.17, 15) is 9.90 Å². The Morgan fingerprint density at radius 2 is 2.21 bits per heavy atom. The number of halogens is 1. The lowest BCUT2D eigenvalue weighted by Gasteiger charge is -2.44. The number of likely N-dealkylation sites (N-methyl/N-ethyl adjacent to an activating group) is 1. The molecule has 4 heteroatoms. The quantitative estimate of drug-likeness (QED) is 0.922. The van der Waals surface area contributed by atoms with Gasteiger partial charge in [0.05, 0.1) is 18.1 Å². The zero-order chi connectivity index (χ0) is 14.0. The van der Waals surface area contributed by atoms with Crippen molar-refractivity contribution < 1.29 is 9.90 Å². The summed E-state index contributed by atoms with van der Waals surface area (Å²) in [4.78, 5) is 14.4. The van der Waals surface area contributed by atoms with E-state index >= 15 is 0 Å². The maximum absolute atomic E-state index is 12.7. The zero-order valence-electron chi connectivity index (χ0n) is 11.4. The smallest absolute Gasteiger partial charge is 0.233 e. The highest BCUT2D eigenvalue weighted by Crippen LogP contribution is 2.45. The zero-order valence-corrected chi connectivity index (χ0v) is 12.2. The van der Waals surface area contributed by atoms with E-state index in [4.69, 9.17) is 11.6 Å². The largest absolute Gasteiger partial charge is 0.394 e. The standard InChI is InChI=1S/C15H20ClNO2/c1-11(10-18)17(2)14(19)15(7-4-8-15)12-5-3-6-13(16)9-12/h3,5-6,9,11,18H,4,7-8,10H2,1-2H3. The molecule has 1 saturated carbocycles. The molecule has 0 aliphatic heterocycles. The second-order valence-corrected chi connectivity index (χ2v) is 5.83. The lowest BCUT2D eigenvalue weighted by Crippen LogP contribution is -2.52. The van der Waals surface area contributed by atoms with Crippen LogP contribution in [0, 0.1) is 0 Å². The molecule has 0 radical (unpaired) electrons. The number of hydrogen-bond donors (Lipinski definition) is 1. The Labute approximate surface area is 119 Å². The van der Waals surface area contributed by atoms with Gasteiger partial charge in [-0.2, -0.15) is 0 Å². The summed E-state index contributed by atoms with van der Waals surface area (Å²) in [6.45, 7) is 1.83. The fourth-order valence-electron chi connectivity index (χ4n) is 2.60. The normalized spacial score (nSPS) is 18.5. The number of carbonyl (C=O) groups excluding carboxylic acids is 1. The Bertz CT molecular complexity index is 471.